The molecule has 45 heavy (non-hydrogen) atoms. The van der Waals surface area contributed by atoms with Crippen molar-refractivity contribution in [3.8, 4) is 22.8 Å². The molecule has 3 heterocycles. The van der Waals surface area contributed by atoms with Crippen LogP contribution in [0.4, 0.5) is 0 Å². The fourth-order valence-corrected chi connectivity index (χ4v) is 6.21. The third-order valence-corrected chi connectivity index (χ3v) is 8.18. The molecule has 0 saturated heterocycles. The van der Waals surface area contributed by atoms with E-state index >= 15 is 0 Å². The molecule has 0 bridgehead atoms. The summed E-state index contributed by atoms with van der Waals surface area (Å²) in [5, 5.41) is 0.416. The second-order valence-electron chi connectivity index (χ2n) is 10.3. The fraction of sp³-hybridized carbons (Fsp3) is 0.273. The number of fused-ring (bicyclic) bond motifs is 1. The maximum atomic E-state index is 14.0. The zero-order valence-corrected chi connectivity index (χ0v) is 27.1. The first-order valence-corrected chi connectivity index (χ1v) is 15.3. The molecule has 12 heteroatoms. The summed E-state index contributed by atoms with van der Waals surface area (Å²) in [5.74, 6) is 0.612. The van der Waals surface area contributed by atoms with Gasteiger partial charge in [-0.15, -0.1) is 0 Å². The average molecular weight is 651 g/mol. The highest BCUT2D eigenvalue weighted by atomic mass is 35.5. The summed E-state index contributed by atoms with van der Waals surface area (Å²) in [6.07, 6.45) is 1.28. The summed E-state index contributed by atoms with van der Waals surface area (Å²) >= 11 is 7.40. The molecule has 0 spiro atoms. The van der Waals surface area contributed by atoms with Gasteiger partial charge in [0.05, 0.1) is 48.3 Å². The van der Waals surface area contributed by atoms with Gasteiger partial charge in [0.2, 0.25) is 0 Å². The van der Waals surface area contributed by atoms with Gasteiger partial charge in [0.1, 0.15) is 29.1 Å². The number of allylic oxidation sites excluding steroid dienone is 1. The minimum absolute atomic E-state index is 0.150. The van der Waals surface area contributed by atoms with Crippen molar-refractivity contribution in [2.75, 3.05) is 20.8 Å². The summed E-state index contributed by atoms with van der Waals surface area (Å²) in [4.78, 5) is 45.1. The summed E-state index contributed by atoms with van der Waals surface area (Å²) < 4.78 is 29.6. The number of thiazole rings is 1. The average Bonchev–Trinajstić information content (AvgIpc) is 3.59. The van der Waals surface area contributed by atoms with Crippen LogP contribution < -0.4 is 24.4 Å². The number of hydrogen-bond donors (Lipinski definition) is 0. The van der Waals surface area contributed by atoms with Crippen LogP contribution in [0.5, 0.6) is 11.5 Å². The van der Waals surface area contributed by atoms with E-state index in [2.05, 4.69) is 4.99 Å². The predicted octanol–water partition coefficient (Wildman–Crippen LogP) is 5.29. The van der Waals surface area contributed by atoms with Crippen molar-refractivity contribution in [2.45, 2.75) is 39.8 Å². The molecule has 0 radical (unpaired) electrons. The van der Waals surface area contributed by atoms with Crippen molar-refractivity contribution >= 4 is 41.0 Å². The minimum Gasteiger partial charge on any atom is -0.497 e. The summed E-state index contributed by atoms with van der Waals surface area (Å²) in [7, 11) is 3.04. The number of halogens is 1. The molecule has 1 atom stereocenters. The van der Waals surface area contributed by atoms with Gasteiger partial charge in [0, 0.05) is 28.3 Å². The highest BCUT2D eigenvalue weighted by Crippen LogP contribution is 2.37. The molecule has 4 aromatic rings. The van der Waals surface area contributed by atoms with Crippen LogP contribution in [0.1, 0.15) is 55.4 Å². The normalized spacial score (nSPS) is 14.7. The van der Waals surface area contributed by atoms with Crippen LogP contribution in [-0.4, -0.2) is 43.4 Å². The Kier molecular flexibility index (Phi) is 9.31. The van der Waals surface area contributed by atoms with E-state index in [9.17, 15) is 14.4 Å². The van der Waals surface area contributed by atoms with Crippen LogP contribution in [0, 0.1) is 0 Å². The third-order valence-electron chi connectivity index (χ3n) is 6.96. The molecule has 2 aromatic carbocycles. The van der Waals surface area contributed by atoms with Crippen molar-refractivity contribution in [3.05, 3.63) is 101 Å². The van der Waals surface area contributed by atoms with Crippen LogP contribution in [0.2, 0.25) is 5.02 Å². The first-order valence-electron chi connectivity index (χ1n) is 14.1. The van der Waals surface area contributed by atoms with Crippen LogP contribution in [0.25, 0.3) is 17.4 Å². The molecule has 0 aliphatic carbocycles. The molecule has 0 amide bonds. The molecule has 1 aliphatic heterocycles. The Morgan fingerprint density at radius 2 is 1.87 bits per heavy atom. The Labute approximate surface area is 267 Å². The van der Waals surface area contributed by atoms with Gasteiger partial charge < -0.3 is 23.4 Å². The van der Waals surface area contributed by atoms with Gasteiger partial charge in [-0.2, -0.15) is 0 Å². The highest BCUT2D eigenvalue weighted by molar-refractivity contribution is 7.07. The van der Waals surface area contributed by atoms with Gasteiger partial charge in [-0.25, -0.2) is 14.6 Å². The van der Waals surface area contributed by atoms with Crippen LogP contribution in [-0.2, 0) is 14.3 Å². The number of methoxy groups -OCH3 is 2. The van der Waals surface area contributed by atoms with E-state index in [4.69, 9.17) is 35.0 Å². The number of esters is 2. The van der Waals surface area contributed by atoms with E-state index in [1.807, 2.05) is 0 Å². The maximum absolute atomic E-state index is 14.0. The van der Waals surface area contributed by atoms with E-state index in [0.717, 1.165) is 11.3 Å². The van der Waals surface area contributed by atoms with Gasteiger partial charge in [-0.3, -0.25) is 9.36 Å². The number of furan rings is 1. The molecule has 1 aliphatic rings. The van der Waals surface area contributed by atoms with Gasteiger partial charge in [-0.1, -0.05) is 22.9 Å². The number of aromatic nitrogens is 1. The van der Waals surface area contributed by atoms with Gasteiger partial charge in [0.25, 0.3) is 5.56 Å². The molecule has 0 saturated carbocycles. The molecule has 10 nitrogen and oxygen atoms in total. The second kappa shape index (κ2) is 13.2. The predicted molar refractivity (Wildman–Crippen MR) is 170 cm³/mol. The van der Waals surface area contributed by atoms with Crippen molar-refractivity contribution in [2.24, 2.45) is 4.99 Å². The maximum Gasteiger partial charge on any atom is 0.339 e. The van der Waals surface area contributed by atoms with Crippen LogP contribution in [0.3, 0.4) is 0 Å². The van der Waals surface area contributed by atoms with E-state index < -0.39 is 23.5 Å². The Morgan fingerprint density at radius 1 is 1.09 bits per heavy atom. The number of carbonyl (C=O) groups is 2. The lowest BCUT2D eigenvalue weighted by Crippen LogP contribution is -2.40. The minimum atomic E-state index is -0.878. The quantitative estimate of drug-likeness (QED) is 0.224. The number of ether oxygens (including phenoxy) is 4. The Morgan fingerprint density at radius 3 is 2.56 bits per heavy atom. The highest BCUT2D eigenvalue weighted by Gasteiger charge is 2.35. The Hall–Kier alpha value is -4.61. The topological polar surface area (TPSA) is 119 Å². The molecular weight excluding hydrogens is 620 g/mol. The molecular formula is C33H31ClN2O8S. The van der Waals surface area contributed by atoms with Crippen LogP contribution in [0.15, 0.2) is 74.0 Å². The SMILES string of the molecule is CCOC(=O)C1=C(C)N=c2s/c(=C/c3ccc(-c4cc(Cl)ccc4C(=O)OC(C)C)o3)c(=O)n2[C@H]1c1ccc(OC)cc1OC. The number of benzene rings is 2. The van der Waals surface area contributed by atoms with Gasteiger partial charge >= 0.3 is 11.9 Å². The molecule has 0 unspecified atom stereocenters. The first-order chi connectivity index (χ1) is 21.6. The zero-order chi connectivity index (χ0) is 32.4. The molecule has 0 fully saturated rings. The lowest BCUT2D eigenvalue weighted by Gasteiger charge is -2.26. The molecule has 234 valence electrons. The molecule has 5 rings (SSSR count). The van der Waals surface area contributed by atoms with E-state index in [1.165, 1.54) is 18.8 Å². The number of rotatable bonds is 9. The smallest absolute Gasteiger partial charge is 0.339 e. The lowest BCUT2D eigenvalue weighted by molar-refractivity contribution is -0.139. The Balaban J connectivity index is 1.64. The van der Waals surface area contributed by atoms with Crippen molar-refractivity contribution < 1.29 is 33.0 Å². The number of hydrogen-bond acceptors (Lipinski definition) is 10. The van der Waals surface area contributed by atoms with Crippen molar-refractivity contribution in [3.63, 3.8) is 0 Å². The monoisotopic (exact) mass is 650 g/mol. The van der Waals surface area contributed by atoms with Crippen molar-refractivity contribution in [1.82, 2.24) is 4.57 Å². The van der Waals surface area contributed by atoms with E-state index in [0.29, 0.717) is 59.8 Å². The summed E-state index contributed by atoms with van der Waals surface area (Å²) in [5.41, 5.74) is 1.56. The fourth-order valence-electron chi connectivity index (χ4n) is 5.01. The second-order valence-corrected chi connectivity index (χ2v) is 11.7. The van der Waals surface area contributed by atoms with Crippen LogP contribution >= 0.6 is 22.9 Å². The van der Waals surface area contributed by atoms with E-state index in [1.54, 1.807) is 82.3 Å². The van der Waals surface area contributed by atoms with Gasteiger partial charge in [0.15, 0.2) is 4.80 Å². The van der Waals surface area contributed by atoms with Gasteiger partial charge in [-0.05, 0) is 70.2 Å². The molecule has 0 N–H and O–H groups in total. The Bertz CT molecular complexity index is 2000. The lowest BCUT2D eigenvalue weighted by atomic mass is 9.95. The first kappa shape index (κ1) is 31.8. The third kappa shape index (κ3) is 6.31. The standard InChI is InChI=1S/C33H31ClN2O8S/c1-7-42-32(39)28-18(4)35-33-36(29(28)23-12-9-20(40-5)15-26(23)41-6)30(37)27(45-33)16-21-10-13-25(44-21)24-14-19(34)8-11-22(24)31(38)43-17(2)3/h8-17,29H,7H2,1-6H3/b27-16+/t29-/m0/s1. The summed E-state index contributed by atoms with van der Waals surface area (Å²) in [6, 6.07) is 12.5. The zero-order valence-electron chi connectivity index (χ0n) is 25.5. The number of nitrogens with zero attached hydrogens (tertiary/aromatic N) is 2. The summed E-state index contributed by atoms with van der Waals surface area (Å²) in [6.45, 7) is 7.10. The van der Waals surface area contributed by atoms with E-state index in [-0.39, 0.29) is 18.3 Å². The largest absolute Gasteiger partial charge is 0.497 e. The number of carbonyl (C=O) groups excluding carboxylic acids is 2. The van der Waals surface area contributed by atoms with Crippen molar-refractivity contribution in [1.29, 1.82) is 0 Å². The molecule has 2 aromatic heterocycles.